The number of aromatic nitrogens is 1. The molecule has 0 spiro atoms. The van der Waals surface area contributed by atoms with Crippen LogP contribution in [-0.2, 0) is 0 Å². The number of nitrogens with zero attached hydrogens (tertiary/aromatic N) is 2. The number of pyridine rings is 1. The van der Waals surface area contributed by atoms with Crippen LogP contribution in [0.5, 0.6) is 5.75 Å². The molecule has 0 aliphatic heterocycles. The van der Waals surface area contributed by atoms with E-state index in [2.05, 4.69) is 11.9 Å². The molecular formula is C28H32N2O3. The van der Waals surface area contributed by atoms with Crippen molar-refractivity contribution in [3.8, 4) is 16.9 Å². The van der Waals surface area contributed by atoms with Crippen molar-refractivity contribution in [2.75, 3.05) is 6.61 Å². The highest BCUT2D eigenvalue weighted by molar-refractivity contribution is 5.95. The number of hydrogen-bond donors (Lipinski definition) is 1. The molecule has 172 valence electrons. The summed E-state index contributed by atoms with van der Waals surface area (Å²) in [5, 5.41) is 11.3. The largest absolute Gasteiger partial charge is 0.493 e. The van der Waals surface area contributed by atoms with Gasteiger partial charge >= 0.3 is 0 Å². The highest BCUT2D eigenvalue weighted by Gasteiger charge is 2.38. The van der Waals surface area contributed by atoms with Crippen LogP contribution in [0.4, 0.5) is 0 Å². The summed E-state index contributed by atoms with van der Waals surface area (Å²) in [4.78, 5) is 19.2. The zero-order valence-corrected chi connectivity index (χ0v) is 19.2. The Kier molecular flexibility index (Phi) is 7.74. The number of para-hydroxylation sites is 1. The molecular weight excluding hydrogens is 412 g/mol. The summed E-state index contributed by atoms with van der Waals surface area (Å²) in [5.74, 6) is 0.479. The number of amides is 1. The Bertz CT molecular complexity index is 1030. The molecule has 1 aromatic heterocycles. The van der Waals surface area contributed by atoms with E-state index in [0.717, 1.165) is 36.8 Å². The van der Waals surface area contributed by atoms with Crippen LogP contribution in [0.25, 0.3) is 11.1 Å². The average Bonchev–Trinajstić information content (AvgIpc) is 3.70. The zero-order chi connectivity index (χ0) is 23.0. The molecule has 5 heteroatoms. The van der Waals surface area contributed by atoms with Crippen molar-refractivity contribution in [1.29, 1.82) is 0 Å². The molecule has 1 amide bonds. The smallest absolute Gasteiger partial charge is 0.256 e. The quantitative estimate of drug-likeness (QED) is 0.291. The van der Waals surface area contributed by atoms with Gasteiger partial charge in [0, 0.05) is 29.6 Å². The number of aliphatic hydroxyl groups is 1. The lowest BCUT2D eigenvalue weighted by molar-refractivity contribution is 0.000931. The number of ether oxygens (including phenoxy) is 1. The van der Waals surface area contributed by atoms with Gasteiger partial charge in [-0.2, -0.15) is 0 Å². The molecule has 1 aliphatic carbocycles. The molecule has 1 aliphatic rings. The van der Waals surface area contributed by atoms with E-state index < -0.39 is 6.23 Å². The minimum absolute atomic E-state index is 0.0445. The summed E-state index contributed by atoms with van der Waals surface area (Å²) >= 11 is 0. The summed E-state index contributed by atoms with van der Waals surface area (Å²) < 4.78 is 6.00. The number of benzene rings is 2. The molecule has 0 saturated heterocycles. The van der Waals surface area contributed by atoms with Gasteiger partial charge in [-0.1, -0.05) is 62.6 Å². The van der Waals surface area contributed by atoms with E-state index in [1.807, 2.05) is 60.7 Å². The second kappa shape index (κ2) is 11.1. The van der Waals surface area contributed by atoms with Crippen molar-refractivity contribution >= 4 is 5.91 Å². The van der Waals surface area contributed by atoms with Gasteiger partial charge < -0.3 is 14.7 Å². The Hall–Kier alpha value is -3.18. The predicted octanol–water partition coefficient (Wildman–Crippen LogP) is 6.00. The Morgan fingerprint density at radius 2 is 1.82 bits per heavy atom. The number of unbranched alkanes of at least 4 members (excludes halogenated alkanes) is 3. The predicted molar refractivity (Wildman–Crippen MR) is 130 cm³/mol. The first kappa shape index (κ1) is 23.0. The van der Waals surface area contributed by atoms with Crippen LogP contribution in [0.2, 0.25) is 0 Å². The van der Waals surface area contributed by atoms with E-state index in [9.17, 15) is 9.90 Å². The third-order valence-corrected chi connectivity index (χ3v) is 6.02. The normalized spacial score (nSPS) is 14.0. The minimum atomic E-state index is -1.05. The second-order valence-corrected chi connectivity index (χ2v) is 8.58. The van der Waals surface area contributed by atoms with E-state index >= 15 is 0 Å². The number of aliphatic hydroxyl groups excluding tert-OH is 1. The number of carbonyl (C=O) groups is 1. The summed E-state index contributed by atoms with van der Waals surface area (Å²) in [6, 6.07) is 18.9. The van der Waals surface area contributed by atoms with Crippen molar-refractivity contribution in [3.63, 3.8) is 0 Å². The van der Waals surface area contributed by atoms with Crippen LogP contribution >= 0.6 is 0 Å². The molecule has 0 bridgehead atoms. The zero-order valence-electron chi connectivity index (χ0n) is 19.2. The van der Waals surface area contributed by atoms with Gasteiger partial charge in [-0.25, -0.2) is 0 Å². The molecule has 33 heavy (non-hydrogen) atoms. The van der Waals surface area contributed by atoms with Crippen molar-refractivity contribution < 1.29 is 14.6 Å². The molecule has 3 aromatic rings. The highest BCUT2D eigenvalue weighted by Crippen LogP contribution is 2.37. The number of carbonyl (C=O) groups excluding carboxylic acids is 1. The molecule has 1 atom stereocenters. The molecule has 1 N–H and O–H groups in total. The van der Waals surface area contributed by atoms with Crippen molar-refractivity contribution in [3.05, 3.63) is 84.2 Å². The van der Waals surface area contributed by atoms with Gasteiger partial charge in [0.15, 0.2) is 6.23 Å². The van der Waals surface area contributed by atoms with Gasteiger partial charge in [0.1, 0.15) is 5.75 Å². The van der Waals surface area contributed by atoms with Crippen LogP contribution in [0, 0.1) is 0 Å². The summed E-state index contributed by atoms with van der Waals surface area (Å²) in [6.45, 7) is 2.79. The Morgan fingerprint density at radius 3 is 2.52 bits per heavy atom. The fraction of sp³-hybridized carbons (Fsp3) is 0.357. The fourth-order valence-electron chi connectivity index (χ4n) is 4.00. The van der Waals surface area contributed by atoms with E-state index in [1.165, 1.54) is 12.8 Å². The van der Waals surface area contributed by atoms with Gasteiger partial charge in [-0.3, -0.25) is 9.78 Å². The summed E-state index contributed by atoms with van der Waals surface area (Å²) in [5.41, 5.74) is 3.20. The third-order valence-electron chi connectivity index (χ3n) is 6.02. The van der Waals surface area contributed by atoms with Crippen LogP contribution < -0.4 is 4.74 Å². The first-order valence-corrected chi connectivity index (χ1v) is 11.9. The van der Waals surface area contributed by atoms with Crippen LogP contribution in [0.15, 0.2) is 73.1 Å². The molecule has 5 nitrogen and oxygen atoms in total. The van der Waals surface area contributed by atoms with Gasteiger partial charge in [0.2, 0.25) is 0 Å². The molecule has 1 saturated carbocycles. The van der Waals surface area contributed by atoms with E-state index in [4.69, 9.17) is 4.74 Å². The van der Waals surface area contributed by atoms with Gasteiger partial charge in [-0.05, 0) is 54.7 Å². The fourth-order valence-corrected chi connectivity index (χ4v) is 4.00. The second-order valence-electron chi connectivity index (χ2n) is 8.58. The van der Waals surface area contributed by atoms with E-state index in [0.29, 0.717) is 23.5 Å². The monoisotopic (exact) mass is 444 g/mol. The summed E-state index contributed by atoms with van der Waals surface area (Å²) in [7, 11) is 0. The molecule has 0 radical (unpaired) electrons. The maximum Gasteiger partial charge on any atom is 0.256 e. The topological polar surface area (TPSA) is 62.7 Å². The maximum absolute atomic E-state index is 13.4. The SMILES string of the molecule is CCCCCCOc1ccccc1C(O)N(C(=O)c1ccc(-c2cccnc2)cc1)C1CC1. The lowest BCUT2D eigenvalue weighted by atomic mass is 10.0. The van der Waals surface area contributed by atoms with Crippen LogP contribution in [0.1, 0.15) is 67.6 Å². The van der Waals surface area contributed by atoms with Gasteiger partial charge in [0.25, 0.3) is 5.91 Å². The van der Waals surface area contributed by atoms with E-state index in [-0.39, 0.29) is 11.9 Å². The van der Waals surface area contributed by atoms with Crippen molar-refractivity contribution in [2.24, 2.45) is 0 Å². The van der Waals surface area contributed by atoms with Crippen LogP contribution in [0.3, 0.4) is 0 Å². The van der Waals surface area contributed by atoms with Gasteiger partial charge in [-0.15, -0.1) is 0 Å². The first-order chi connectivity index (χ1) is 16.2. The number of rotatable bonds is 11. The lowest BCUT2D eigenvalue weighted by Crippen LogP contribution is -2.37. The van der Waals surface area contributed by atoms with Crippen molar-refractivity contribution in [1.82, 2.24) is 9.88 Å². The maximum atomic E-state index is 13.4. The Labute approximate surface area is 196 Å². The third kappa shape index (κ3) is 5.79. The van der Waals surface area contributed by atoms with Crippen molar-refractivity contribution in [2.45, 2.75) is 57.7 Å². The highest BCUT2D eigenvalue weighted by atomic mass is 16.5. The molecule has 1 fully saturated rings. The molecule has 1 unspecified atom stereocenters. The number of hydrogen-bond acceptors (Lipinski definition) is 4. The Morgan fingerprint density at radius 1 is 1.03 bits per heavy atom. The molecule has 1 heterocycles. The average molecular weight is 445 g/mol. The minimum Gasteiger partial charge on any atom is -0.493 e. The Balaban J connectivity index is 1.50. The first-order valence-electron chi connectivity index (χ1n) is 11.9. The molecule has 2 aromatic carbocycles. The lowest BCUT2D eigenvalue weighted by Gasteiger charge is -2.29. The standard InChI is InChI=1S/C28H32N2O3/c1-2-3-4-7-19-33-26-11-6-5-10-25(26)28(32)30(24-16-17-24)27(31)22-14-12-21(13-15-22)23-9-8-18-29-20-23/h5-6,8-15,18,20,24,28,32H,2-4,7,16-17,19H2,1H3. The van der Waals surface area contributed by atoms with Gasteiger partial charge in [0.05, 0.1) is 6.61 Å². The van der Waals surface area contributed by atoms with Crippen LogP contribution in [-0.4, -0.2) is 33.5 Å². The summed E-state index contributed by atoms with van der Waals surface area (Å²) in [6.07, 6.45) is 8.77. The van der Waals surface area contributed by atoms with E-state index in [1.54, 1.807) is 17.3 Å². The molecule has 4 rings (SSSR count).